The van der Waals surface area contributed by atoms with E-state index < -0.39 is 0 Å². The van der Waals surface area contributed by atoms with Crippen LogP contribution in [0.5, 0.6) is 0 Å². The maximum Gasteiger partial charge on any atom is 0.271 e. The summed E-state index contributed by atoms with van der Waals surface area (Å²) in [6.45, 7) is 4.00. The molecule has 0 aromatic carbocycles. The third-order valence-electron chi connectivity index (χ3n) is 4.33. The van der Waals surface area contributed by atoms with Gasteiger partial charge in [0.1, 0.15) is 5.69 Å². The molecule has 5 heteroatoms. The molecule has 0 radical (unpaired) electrons. The van der Waals surface area contributed by atoms with Crippen LogP contribution in [-0.4, -0.2) is 28.0 Å². The summed E-state index contributed by atoms with van der Waals surface area (Å²) in [6, 6.07) is 0.252. The summed E-state index contributed by atoms with van der Waals surface area (Å²) in [5.41, 5.74) is 0.536. The highest BCUT2D eigenvalue weighted by Gasteiger charge is 2.24. The second-order valence-electron chi connectivity index (χ2n) is 5.73. The van der Waals surface area contributed by atoms with E-state index in [1.165, 1.54) is 25.7 Å². The first kappa shape index (κ1) is 12.5. The lowest BCUT2D eigenvalue weighted by molar-refractivity contribution is 0.0922. The number of nitrogens with zero attached hydrogens (tertiary/aromatic N) is 2. The molecule has 104 valence electrons. The van der Waals surface area contributed by atoms with Gasteiger partial charge in [-0.2, -0.15) is 0 Å². The van der Waals surface area contributed by atoms with Crippen molar-refractivity contribution in [1.29, 1.82) is 0 Å². The molecule has 2 aliphatic rings. The number of anilines is 1. The molecule has 2 N–H and O–H groups in total. The lowest BCUT2D eigenvalue weighted by Gasteiger charge is -2.19. The molecule has 19 heavy (non-hydrogen) atoms. The highest BCUT2D eigenvalue weighted by Crippen LogP contribution is 2.27. The van der Waals surface area contributed by atoms with Crippen molar-refractivity contribution in [2.75, 3.05) is 11.9 Å². The Bertz CT molecular complexity index is 439. The molecule has 5 nitrogen and oxygen atoms in total. The van der Waals surface area contributed by atoms with E-state index in [2.05, 4.69) is 22.5 Å². The molecule has 0 bridgehead atoms. The summed E-state index contributed by atoms with van der Waals surface area (Å²) >= 11 is 0. The van der Waals surface area contributed by atoms with Crippen LogP contribution in [0.4, 0.5) is 5.95 Å². The molecule has 1 aromatic rings. The Morgan fingerprint density at radius 3 is 3.00 bits per heavy atom. The molecule has 1 saturated carbocycles. The van der Waals surface area contributed by atoms with Gasteiger partial charge in [-0.05, 0) is 32.1 Å². The molecule has 0 saturated heterocycles. The summed E-state index contributed by atoms with van der Waals surface area (Å²) in [5, 5.41) is 6.32. The minimum Gasteiger partial charge on any atom is -0.356 e. The number of aromatic nitrogens is 2. The molecule has 2 heterocycles. The van der Waals surface area contributed by atoms with Crippen LogP contribution in [0.25, 0.3) is 0 Å². The van der Waals surface area contributed by atoms with Gasteiger partial charge in [-0.15, -0.1) is 0 Å². The Morgan fingerprint density at radius 1 is 1.47 bits per heavy atom. The van der Waals surface area contributed by atoms with Gasteiger partial charge in [0.25, 0.3) is 5.91 Å². The minimum atomic E-state index is -0.0388. The van der Waals surface area contributed by atoms with Gasteiger partial charge in [0, 0.05) is 25.3 Å². The van der Waals surface area contributed by atoms with Gasteiger partial charge in [0.05, 0.1) is 0 Å². The van der Waals surface area contributed by atoms with Gasteiger partial charge in [-0.1, -0.05) is 12.8 Å². The first-order chi connectivity index (χ1) is 9.24. The normalized spacial score (nSPS) is 20.7. The van der Waals surface area contributed by atoms with E-state index in [9.17, 15) is 4.79 Å². The lowest BCUT2D eigenvalue weighted by Crippen LogP contribution is -2.37. The van der Waals surface area contributed by atoms with Gasteiger partial charge in [0.15, 0.2) is 0 Å². The van der Waals surface area contributed by atoms with Crippen LogP contribution in [0.2, 0.25) is 0 Å². The average Bonchev–Trinajstić information content (AvgIpc) is 3.07. The van der Waals surface area contributed by atoms with Crippen molar-refractivity contribution in [2.45, 2.75) is 51.6 Å². The number of fused-ring (bicyclic) bond motifs is 1. The van der Waals surface area contributed by atoms with Gasteiger partial charge >= 0.3 is 0 Å². The molecule has 1 atom stereocenters. The van der Waals surface area contributed by atoms with E-state index in [0.717, 1.165) is 25.5 Å². The third-order valence-corrected chi connectivity index (χ3v) is 4.33. The fourth-order valence-corrected chi connectivity index (χ4v) is 3.14. The largest absolute Gasteiger partial charge is 0.356 e. The number of hydrogen-bond acceptors (Lipinski definition) is 3. The summed E-state index contributed by atoms with van der Waals surface area (Å²) in [4.78, 5) is 16.6. The quantitative estimate of drug-likeness (QED) is 0.876. The predicted octanol–water partition coefficient (Wildman–Crippen LogP) is 2.01. The summed E-state index contributed by atoms with van der Waals surface area (Å²) in [5.74, 6) is 1.42. The highest BCUT2D eigenvalue weighted by atomic mass is 16.2. The molecule has 0 spiro atoms. The maximum atomic E-state index is 12.2. The second-order valence-corrected chi connectivity index (χ2v) is 5.73. The van der Waals surface area contributed by atoms with Crippen LogP contribution in [0, 0.1) is 5.92 Å². The number of rotatable bonds is 3. The standard InChI is InChI=1S/C14H22N4O/c1-10(11-5-2-3-6-11)16-13(19)12-9-18-8-4-7-15-14(18)17-12/h9-11H,2-8H2,1H3,(H,15,17)(H,16,19). The van der Waals surface area contributed by atoms with Gasteiger partial charge < -0.3 is 15.2 Å². The van der Waals surface area contributed by atoms with Crippen molar-refractivity contribution in [3.63, 3.8) is 0 Å². The average molecular weight is 262 g/mol. The zero-order valence-corrected chi connectivity index (χ0v) is 11.5. The van der Waals surface area contributed by atoms with E-state index in [4.69, 9.17) is 0 Å². The topological polar surface area (TPSA) is 59.0 Å². The molecule has 1 aliphatic carbocycles. The van der Waals surface area contributed by atoms with Crippen LogP contribution in [0.15, 0.2) is 6.20 Å². The summed E-state index contributed by atoms with van der Waals surface area (Å²) in [7, 11) is 0. The minimum absolute atomic E-state index is 0.0388. The van der Waals surface area contributed by atoms with Gasteiger partial charge in [-0.25, -0.2) is 4.98 Å². The number of carbonyl (C=O) groups is 1. The van der Waals surface area contributed by atoms with Crippen molar-refractivity contribution < 1.29 is 4.79 Å². The lowest BCUT2D eigenvalue weighted by atomic mass is 10.00. The number of imidazole rings is 1. The van der Waals surface area contributed by atoms with Crippen molar-refractivity contribution in [3.05, 3.63) is 11.9 Å². The zero-order chi connectivity index (χ0) is 13.2. The third kappa shape index (κ3) is 2.60. The van der Waals surface area contributed by atoms with Gasteiger partial charge in [0.2, 0.25) is 5.95 Å². The van der Waals surface area contributed by atoms with Crippen LogP contribution >= 0.6 is 0 Å². The molecular weight excluding hydrogens is 240 g/mol. The number of hydrogen-bond donors (Lipinski definition) is 2. The first-order valence-corrected chi connectivity index (χ1v) is 7.36. The van der Waals surface area contributed by atoms with Crippen LogP contribution < -0.4 is 10.6 Å². The number of nitrogens with one attached hydrogen (secondary N) is 2. The monoisotopic (exact) mass is 262 g/mol. The Kier molecular flexibility index (Phi) is 3.44. The Balaban J connectivity index is 1.64. The van der Waals surface area contributed by atoms with E-state index in [-0.39, 0.29) is 11.9 Å². The SMILES string of the molecule is CC(NC(=O)c1cn2c(n1)NCCC2)C1CCCC1. The Morgan fingerprint density at radius 2 is 2.26 bits per heavy atom. The maximum absolute atomic E-state index is 12.2. The van der Waals surface area contributed by atoms with E-state index >= 15 is 0 Å². The predicted molar refractivity (Wildman–Crippen MR) is 74.2 cm³/mol. The number of aryl methyl sites for hydroxylation is 1. The molecule has 1 fully saturated rings. The Labute approximate surface area is 113 Å². The van der Waals surface area contributed by atoms with Crippen molar-refractivity contribution >= 4 is 11.9 Å². The second kappa shape index (κ2) is 5.23. The van der Waals surface area contributed by atoms with Crippen LogP contribution in [0.3, 0.4) is 0 Å². The molecule has 1 aromatic heterocycles. The summed E-state index contributed by atoms with van der Waals surface area (Å²) < 4.78 is 2.03. The summed E-state index contributed by atoms with van der Waals surface area (Å²) in [6.07, 6.45) is 8.02. The number of carbonyl (C=O) groups excluding carboxylic acids is 1. The fourth-order valence-electron chi connectivity index (χ4n) is 3.14. The van der Waals surface area contributed by atoms with Crippen LogP contribution in [0.1, 0.15) is 49.5 Å². The first-order valence-electron chi connectivity index (χ1n) is 7.36. The molecule has 3 rings (SSSR count). The molecule has 1 aliphatic heterocycles. The highest BCUT2D eigenvalue weighted by molar-refractivity contribution is 5.92. The Hall–Kier alpha value is -1.52. The van der Waals surface area contributed by atoms with Gasteiger partial charge in [-0.3, -0.25) is 4.79 Å². The van der Waals surface area contributed by atoms with E-state index in [0.29, 0.717) is 11.6 Å². The van der Waals surface area contributed by atoms with Crippen molar-refractivity contribution in [2.24, 2.45) is 5.92 Å². The van der Waals surface area contributed by atoms with Crippen molar-refractivity contribution in [3.8, 4) is 0 Å². The zero-order valence-electron chi connectivity index (χ0n) is 11.5. The van der Waals surface area contributed by atoms with E-state index in [1.807, 2.05) is 10.8 Å². The molecule has 1 unspecified atom stereocenters. The molecule has 1 amide bonds. The van der Waals surface area contributed by atoms with Crippen molar-refractivity contribution in [1.82, 2.24) is 14.9 Å². The van der Waals surface area contributed by atoms with Crippen LogP contribution in [-0.2, 0) is 6.54 Å². The number of amides is 1. The fraction of sp³-hybridized carbons (Fsp3) is 0.714. The smallest absolute Gasteiger partial charge is 0.271 e. The van der Waals surface area contributed by atoms with E-state index in [1.54, 1.807) is 0 Å². The molecular formula is C14H22N4O.